The summed E-state index contributed by atoms with van der Waals surface area (Å²) in [6.45, 7) is 0.856. The molecule has 2 aromatic carbocycles. The summed E-state index contributed by atoms with van der Waals surface area (Å²) in [5.74, 6) is -0.620. The number of amides is 1. The zero-order valence-electron chi connectivity index (χ0n) is 17.3. The van der Waals surface area contributed by atoms with Crippen molar-refractivity contribution in [2.45, 2.75) is 19.4 Å². The Bertz CT molecular complexity index is 1310. The summed E-state index contributed by atoms with van der Waals surface area (Å²) in [6.07, 6.45) is 0.725. The molecular weight excluding hydrogens is 416 g/mol. The molecule has 4 aromatic rings. The number of nitrogens with zero attached hydrogens (tertiary/aromatic N) is 5. The van der Waals surface area contributed by atoms with Crippen molar-refractivity contribution in [2.24, 2.45) is 7.05 Å². The predicted molar refractivity (Wildman–Crippen MR) is 111 cm³/mol. The quantitative estimate of drug-likeness (QED) is 0.490. The zero-order chi connectivity index (χ0) is 22.2. The molecule has 0 spiro atoms. The molecule has 0 radical (unpaired) electrons. The highest BCUT2D eigenvalue weighted by molar-refractivity contribution is 5.79. The molecule has 1 amide bonds. The van der Waals surface area contributed by atoms with E-state index in [1.165, 1.54) is 18.2 Å². The van der Waals surface area contributed by atoms with Crippen LogP contribution in [0.3, 0.4) is 0 Å². The van der Waals surface area contributed by atoms with E-state index in [9.17, 15) is 13.6 Å². The van der Waals surface area contributed by atoms with Gasteiger partial charge in [-0.05, 0) is 29.8 Å². The highest BCUT2D eigenvalue weighted by atomic mass is 19.1. The van der Waals surface area contributed by atoms with Gasteiger partial charge < -0.3 is 9.42 Å². The van der Waals surface area contributed by atoms with E-state index < -0.39 is 5.82 Å². The van der Waals surface area contributed by atoms with E-state index in [0.717, 1.165) is 11.3 Å². The highest BCUT2D eigenvalue weighted by Gasteiger charge is 2.29. The Morgan fingerprint density at radius 3 is 2.81 bits per heavy atom. The smallest absolute Gasteiger partial charge is 0.279 e. The first-order valence-corrected chi connectivity index (χ1v) is 10.2. The molecule has 0 saturated heterocycles. The fourth-order valence-corrected chi connectivity index (χ4v) is 3.98. The lowest BCUT2D eigenvalue weighted by molar-refractivity contribution is -0.131. The molecule has 0 saturated carbocycles. The first-order chi connectivity index (χ1) is 15.5. The summed E-state index contributed by atoms with van der Waals surface area (Å²) in [6, 6.07) is 12.2. The third-order valence-corrected chi connectivity index (χ3v) is 5.58. The lowest BCUT2D eigenvalue weighted by atomic mass is 10.0. The monoisotopic (exact) mass is 435 g/mol. The van der Waals surface area contributed by atoms with Crippen LogP contribution in [-0.2, 0) is 31.2 Å². The zero-order valence-corrected chi connectivity index (χ0v) is 17.3. The number of aromatic nitrogens is 4. The number of benzene rings is 2. The fraction of sp³-hybridized carbons (Fsp3) is 0.217. The summed E-state index contributed by atoms with van der Waals surface area (Å²) in [5.41, 5.74) is 3.12. The van der Waals surface area contributed by atoms with Gasteiger partial charge in [-0.2, -0.15) is 10.1 Å². The molecule has 0 bridgehead atoms. The number of carbonyl (C=O) groups excluding carboxylic acids is 1. The van der Waals surface area contributed by atoms with Crippen molar-refractivity contribution < 1.29 is 18.1 Å². The molecule has 1 aliphatic rings. The first-order valence-electron chi connectivity index (χ1n) is 10.2. The molecule has 5 rings (SSSR count). The second-order valence-corrected chi connectivity index (χ2v) is 7.67. The van der Waals surface area contributed by atoms with E-state index in [0.29, 0.717) is 30.8 Å². The van der Waals surface area contributed by atoms with Gasteiger partial charge in [-0.3, -0.25) is 9.48 Å². The summed E-state index contributed by atoms with van der Waals surface area (Å²) in [4.78, 5) is 18.9. The number of fused-ring (bicyclic) bond motifs is 1. The van der Waals surface area contributed by atoms with Gasteiger partial charge in [0.1, 0.15) is 11.6 Å². The van der Waals surface area contributed by atoms with Gasteiger partial charge in [0.15, 0.2) is 5.69 Å². The van der Waals surface area contributed by atoms with Gasteiger partial charge in [0.2, 0.25) is 11.7 Å². The molecule has 0 N–H and O–H groups in total. The molecule has 2 aromatic heterocycles. The van der Waals surface area contributed by atoms with Crippen molar-refractivity contribution in [1.82, 2.24) is 24.8 Å². The number of hydrogen-bond acceptors (Lipinski definition) is 5. The van der Waals surface area contributed by atoms with Crippen LogP contribution in [-0.4, -0.2) is 37.3 Å². The normalized spacial score (nSPS) is 13.3. The standard InChI is InChI=1S/C23H19F2N5O2/c1-29-19-9-10-30(20(31)12-14-5-4-6-15(24)11-14)13-17(19)21(27-29)23-26-22(28-32-23)16-7-2-3-8-18(16)25/h2-8,11H,9-10,12-13H2,1H3. The van der Waals surface area contributed by atoms with E-state index in [1.807, 2.05) is 7.05 Å². The van der Waals surface area contributed by atoms with Crippen LogP contribution in [0.4, 0.5) is 8.78 Å². The van der Waals surface area contributed by atoms with Gasteiger partial charge in [0.25, 0.3) is 5.89 Å². The summed E-state index contributed by atoms with van der Waals surface area (Å²) >= 11 is 0. The summed E-state index contributed by atoms with van der Waals surface area (Å²) in [5, 5.41) is 8.43. The third kappa shape index (κ3) is 3.66. The SMILES string of the molecule is Cn1nc(-c2nc(-c3ccccc3F)no2)c2c1CCN(C(=O)Cc1cccc(F)c1)C2. The maximum absolute atomic E-state index is 14.1. The van der Waals surface area contributed by atoms with Gasteiger partial charge in [0.05, 0.1) is 12.0 Å². The number of hydrogen-bond donors (Lipinski definition) is 0. The molecule has 1 aliphatic heterocycles. The average Bonchev–Trinajstić information content (AvgIpc) is 3.39. The maximum Gasteiger partial charge on any atom is 0.279 e. The van der Waals surface area contributed by atoms with Crippen LogP contribution in [0.15, 0.2) is 53.1 Å². The summed E-state index contributed by atoms with van der Waals surface area (Å²) < 4.78 is 34.7. The minimum atomic E-state index is -0.447. The van der Waals surface area contributed by atoms with Crippen LogP contribution < -0.4 is 0 Å². The lowest BCUT2D eigenvalue weighted by Crippen LogP contribution is -2.37. The van der Waals surface area contributed by atoms with Crippen molar-refractivity contribution in [3.63, 3.8) is 0 Å². The first kappa shape index (κ1) is 20.0. The number of halogens is 2. The van der Waals surface area contributed by atoms with Gasteiger partial charge in [-0.15, -0.1) is 0 Å². The molecule has 0 unspecified atom stereocenters. The van der Waals surface area contributed by atoms with E-state index >= 15 is 0 Å². The summed E-state index contributed by atoms with van der Waals surface area (Å²) in [7, 11) is 1.82. The van der Waals surface area contributed by atoms with E-state index in [1.54, 1.807) is 39.9 Å². The Morgan fingerprint density at radius 1 is 1.16 bits per heavy atom. The Hall–Kier alpha value is -3.88. The lowest BCUT2D eigenvalue weighted by Gasteiger charge is -2.27. The van der Waals surface area contributed by atoms with Crippen molar-refractivity contribution in [3.8, 4) is 23.0 Å². The van der Waals surface area contributed by atoms with Crippen LogP contribution >= 0.6 is 0 Å². The number of aryl methyl sites for hydroxylation is 1. The van der Waals surface area contributed by atoms with Crippen LogP contribution in [0.1, 0.15) is 16.8 Å². The van der Waals surface area contributed by atoms with Crippen molar-refractivity contribution in [1.29, 1.82) is 0 Å². The molecule has 0 aliphatic carbocycles. The van der Waals surface area contributed by atoms with Crippen molar-refractivity contribution in [3.05, 3.63) is 77.0 Å². The van der Waals surface area contributed by atoms with Crippen LogP contribution in [0.25, 0.3) is 23.0 Å². The molecule has 0 fully saturated rings. The molecule has 7 nitrogen and oxygen atoms in total. The van der Waals surface area contributed by atoms with Gasteiger partial charge >= 0.3 is 0 Å². The van der Waals surface area contributed by atoms with Crippen LogP contribution in [0.5, 0.6) is 0 Å². The molecule has 32 heavy (non-hydrogen) atoms. The number of carbonyl (C=O) groups is 1. The van der Waals surface area contributed by atoms with Crippen LogP contribution in [0, 0.1) is 11.6 Å². The Balaban J connectivity index is 1.41. The van der Waals surface area contributed by atoms with Gasteiger partial charge in [0, 0.05) is 37.8 Å². The van der Waals surface area contributed by atoms with Gasteiger partial charge in [-0.25, -0.2) is 8.78 Å². The fourth-order valence-electron chi connectivity index (χ4n) is 3.98. The predicted octanol–water partition coefficient (Wildman–Crippen LogP) is 3.54. The molecule has 9 heteroatoms. The molecule has 0 atom stereocenters. The average molecular weight is 435 g/mol. The largest absolute Gasteiger partial charge is 0.338 e. The van der Waals surface area contributed by atoms with Crippen LogP contribution in [0.2, 0.25) is 0 Å². The maximum atomic E-state index is 14.1. The second-order valence-electron chi connectivity index (χ2n) is 7.67. The van der Waals surface area contributed by atoms with Gasteiger partial charge in [-0.1, -0.05) is 29.4 Å². The van der Waals surface area contributed by atoms with E-state index in [2.05, 4.69) is 15.2 Å². The molecular formula is C23H19F2N5O2. The number of rotatable bonds is 4. The van der Waals surface area contributed by atoms with E-state index in [-0.39, 0.29) is 35.4 Å². The Labute approximate surface area is 182 Å². The molecule has 3 heterocycles. The van der Waals surface area contributed by atoms with E-state index in [4.69, 9.17) is 4.52 Å². The highest BCUT2D eigenvalue weighted by Crippen LogP contribution is 2.30. The third-order valence-electron chi connectivity index (χ3n) is 5.58. The Kier molecular flexibility index (Phi) is 5.01. The minimum Gasteiger partial charge on any atom is -0.338 e. The van der Waals surface area contributed by atoms with Crippen molar-refractivity contribution in [2.75, 3.05) is 6.54 Å². The molecule has 162 valence electrons. The second kappa shape index (κ2) is 7.99. The topological polar surface area (TPSA) is 77.1 Å². The van der Waals surface area contributed by atoms with Crippen molar-refractivity contribution >= 4 is 5.91 Å². The minimum absolute atomic E-state index is 0.103. The Morgan fingerprint density at radius 2 is 2.00 bits per heavy atom.